The van der Waals surface area contributed by atoms with Gasteiger partial charge in [-0.05, 0) is 37.3 Å². The second-order valence-electron chi connectivity index (χ2n) is 5.02. The number of rotatable bonds is 11. The summed E-state index contributed by atoms with van der Waals surface area (Å²) in [6.07, 6.45) is 10.3. The lowest BCUT2D eigenvalue weighted by molar-refractivity contribution is 0.314. The van der Waals surface area contributed by atoms with E-state index in [0.29, 0.717) is 0 Å². The minimum Gasteiger partial charge on any atom is -0.493 e. The highest BCUT2D eigenvalue weighted by molar-refractivity contribution is 9.09. The Morgan fingerprint density at radius 2 is 1.63 bits per heavy atom. The summed E-state index contributed by atoms with van der Waals surface area (Å²) in [4.78, 5) is 0. The highest BCUT2D eigenvalue weighted by Gasteiger charge is 2.02. The Bertz CT molecular complexity index is 325. The highest BCUT2D eigenvalue weighted by Crippen LogP contribution is 2.21. The van der Waals surface area contributed by atoms with E-state index in [1.54, 1.807) is 0 Å². The number of aryl methyl sites for hydroxylation is 1. The van der Waals surface area contributed by atoms with Gasteiger partial charge in [-0.2, -0.15) is 0 Å². The zero-order valence-electron chi connectivity index (χ0n) is 12.2. The number of unbranched alkanes of at least 4 members (excludes halogenated alkanes) is 5. The lowest BCUT2D eigenvalue weighted by Crippen LogP contribution is -1.99. The molecule has 0 heterocycles. The maximum Gasteiger partial charge on any atom is 0.122 e. The van der Waals surface area contributed by atoms with E-state index in [9.17, 15) is 0 Å². The molecule has 0 aliphatic heterocycles. The molecule has 0 bridgehead atoms. The van der Waals surface area contributed by atoms with Gasteiger partial charge in [-0.3, -0.25) is 0 Å². The number of hydrogen-bond acceptors (Lipinski definition) is 1. The quantitative estimate of drug-likeness (QED) is 0.371. The lowest BCUT2D eigenvalue weighted by Gasteiger charge is -2.10. The predicted octanol–water partition coefficient (Wildman–Crippen LogP) is 5.75. The van der Waals surface area contributed by atoms with Crippen molar-refractivity contribution in [3.8, 4) is 5.75 Å². The molecular weight excluding hydrogens is 300 g/mol. The highest BCUT2D eigenvalue weighted by atomic mass is 79.9. The number of alkyl halides is 1. The van der Waals surface area contributed by atoms with E-state index in [1.807, 2.05) is 0 Å². The van der Waals surface area contributed by atoms with Gasteiger partial charge in [-0.15, -0.1) is 0 Å². The first-order valence-corrected chi connectivity index (χ1v) is 8.77. The van der Waals surface area contributed by atoms with Crippen molar-refractivity contribution < 1.29 is 4.74 Å². The molecule has 19 heavy (non-hydrogen) atoms. The Morgan fingerprint density at radius 3 is 2.37 bits per heavy atom. The SMILES string of the molecule is CCCOc1ccccc1CCCCCCCCBr. The van der Waals surface area contributed by atoms with E-state index in [2.05, 4.69) is 47.1 Å². The van der Waals surface area contributed by atoms with Gasteiger partial charge in [0.2, 0.25) is 0 Å². The Balaban J connectivity index is 2.21. The average molecular weight is 327 g/mol. The average Bonchev–Trinajstić information content (AvgIpc) is 2.45. The smallest absolute Gasteiger partial charge is 0.122 e. The van der Waals surface area contributed by atoms with E-state index >= 15 is 0 Å². The van der Waals surface area contributed by atoms with Gasteiger partial charge in [0.1, 0.15) is 5.75 Å². The summed E-state index contributed by atoms with van der Waals surface area (Å²) in [5.41, 5.74) is 1.37. The molecule has 0 saturated heterocycles. The number of para-hydroxylation sites is 1. The van der Waals surface area contributed by atoms with Gasteiger partial charge in [-0.1, -0.05) is 66.7 Å². The van der Waals surface area contributed by atoms with Crippen molar-refractivity contribution in [1.29, 1.82) is 0 Å². The topological polar surface area (TPSA) is 9.23 Å². The molecule has 0 aliphatic rings. The third-order valence-electron chi connectivity index (χ3n) is 3.26. The second-order valence-corrected chi connectivity index (χ2v) is 5.81. The van der Waals surface area contributed by atoms with Gasteiger partial charge in [0.05, 0.1) is 6.61 Å². The molecule has 0 radical (unpaired) electrons. The molecule has 0 unspecified atom stereocenters. The largest absolute Gasteiger partial charge is 0.493 e. The molecule has 0 aromatic heterocycles. The first kappa shape index (κ1) is 16.6. The molecule has 1 nitrogen and oxygen atoms in total. The van der Waals surface area contributed by atoms with Gasteiger partial charge in [-0.25, -0.2) is 0 Å². The summed E-state index contributed by atoms with van der Waals surface area (Å²) in [5.74, 6) is 1.09. The van der Waals surface area contributed by atoms with Gasteiger partial charge in [0, 0.05) is 5.33 Å². The molecule has 0 atom stereocenters. The Hall–Kier alpha value is -0.500. The number of halogens is 1. The summed E-state index contributed by atoms with van der Waals surface area (Å²) in [5, 5.41) is 1.15. The van der Waals surface area contributed by atoms with Crippen LogP contribution in [0.3, 0.4) is 0 Å². The van der Waals surface area contributed by atoms with Crippen LogP contribution in [-0.2, 0) is 6.42 Å². The molecular formula is C17H27BrO. The third-order valence-corrected chi connectivity index (χ3v) is 3.82. The molecule has 0 saturated carbocycles. The van der Waals surface area contributed by atoms with Crippen LogP contribution in [0.1, 0.15) is 57.4 Å². The summed E-state index contributed by atoms with van der Waals surface area (Å²) in [6.45, 7) is 2.97. The van der Waals surface area contributed by atoms with Gasteiger partial charge in [0.15, 0.2) is 0 Å². The zero-order chi connectivity index (χ0) is 13.8. The fourth-order valence-electron chi connectivity index (χ4n) is 2.18. The van der Waals surface area contributed by atoms with Crippen LogP contribution in [0.25, 0.3) is 0 Å². The Kier molecular flexibility index (Phi) is 9.88. The summed E-state index contributed by atoms with van der Waals surface area (Å²) < 4.78 is 5.79. The summed E-state index contributed by atoms with van der Waals surface area (Å²) in [7, 11) is 0. The summed E-state index contributed by atoms with van der Waals surface area (Å²) >= 11 is 3.48. The normalized spacial score (nSPS) is 10.6. The third kappa shape index (κ3) is 7.61. The fourth-order valence-corrected chi connectivity index (χ4v) is 2.58. The maximum absolute atomic E-state index is 5.79. The molecule has 0 aliphatic carbocycles. The van der Waals surface area contributed by atoms with Crippen LogP contribution in [0.2, 0.25) is 0 Å². The minimum atomic E-state index is 0.823. The number of hydrogen-bond donors (Lipinski definition) is 0. The van der Waals surface area contributed by atoms with Crippen LogP contribution in [-0.4, -0.2) is 11.9 Å². The Labute approximate surface area is 126 Å². The van der Waals surface area contributed by atoms with Crippen LogP contribution in [0.15, 0.2) is 24.3 Å². The molecule has 1 aromatic rings. The lowest BCUT2D eigenvalue weighted by atomic mass is 10.0. The molecule has 108 valence electrons. The van der Waals surface area contributed by atoms with Crippen molar-refractivity contribution in [2.24, 2.45) is 0 Å². The standard InChI is InChI=1S/C17H27BrO/c1-2-15-19-17-13-9-8-12-16(17)11-7-5-3-4-6-10-14-18/h8-9,12-13H,2-7,10-11,14-15H2,1H3. The van der Waals surface area contributed by atoms with Crippen LogP contribution in [0, 0.1) is 0 Å². The van der Waals surface area contributed by atoms with E-state index < -0.39 is 0 Å². The van der Waals surface area contributed by atoms with Crippen molar-refractivity contribution in [3.05, 3.63) is 29.8 Å². The molecule has 0 spiro atoms. The number of ether oxygens (including phenoxy) is 1. The maximum atomic E-state index is 5.79. The van der Waals surface area contributed by atoms with Crippen LogP contribution < -0.4 is 4.74 Å². The Morgan fingerprint density at radius 1 is 0.947 bits per heavy atom. The van der Waals surface area contributed by atoms with E-state index in [-0.39, 0.29) is 0 Å². The molecule has 1 aromatic carbocycles. The number of benzene rings is 1. The first-order chi connectivity index (χ1) is 9.38. The van der Waals surface area contributed by atoms with E-state index in [1.165, 1.54) is 44.1 Å². The van der Waals surface area contributed by atoms with E-state index in [0.717, 1.165) is 30.5 Å². The van der Waals surface area contributed by atoms with Crippen molar-refractivity contribution in [1.82, 2.24) is 0 Å². The minimum absolute atomic E-state index is 0.823. The van der Waals surface area contributed by atoms with E-state index in [4.69, 9.17) is 4.74 Å². The molecule has 0 amide bonds. The van der Waals surface area contributed by atoms with Crippen molar-refractivity contribution in [2.75, 3.05) is 11.9 Å². The first-order valence-electron chi connectivity index (χ1n) is 7.65. The van der Waals surface area contributed by atoms with Gasteiger partial charge in [0.25, 0.3) is 0 Å². The monoisotopic (exact) mass is 326 g/mol. The van der Waals surface area contributed by atoms with Crippen LogP contribution in [0.5, 0.6) is 5.75 Å². The molecule has 1 rings (SSSR count). The fraction of sp³-hybridized carbons (Fsp3) is 0.647. The zero-order valence-corrected chi connectivity index (χ0v) is 13.8. The molecule has 0 fully saturated rings. The predicted molar refractivity (Wildman–Crippen MR) is 87.4 cm³/mol. The van der Waals surface area contributed by atoms with Crippen molar-refractivity contribution in [3.63, 3.8) is 0 Å². The summed E-state index contributed by atoms with van der Waals surface area (Å²) in [6, 6.07) is 8.48. The molecule has 0 N–H and O–H groups in total. The van der Waals surface area contributed by atoms with Crippen LogP contribution in [0.4, 0.5) is 0 Å². The van der Waals surface area contributed by atoms with Crippen LogP contribution >= 0.6 is 15.9 Å². The molecule has 2 heteroatoms. The van der Waals surface area contributed by atoms with Gasteiger partial charge < -0.3 is 4.74 Å². The van der Waals surface area contributed by atoms with Gasteiger partial charge >= 0.3 is 0 Å². The van der Waals surface area contributed by atoms with Crippen molar-refractivity contribution >= 4 is 15.9 Å². The second kappa shape index (κ2) is 11.3. The van der Waals surface area contributed by atoms with Crippen molar-refractivity contribution in [2.45, 2.75) is 58.3 Å².